The average Bonchev–Trinajstić information content (AvgIpc) is 3.38. The molecule has 0 bridgehead atoms. The Hall–Kier alpha value is -2.95. The van der Waals surface area contributed by atoms with Gasteiger partial charge in [0.1, 0.15) is 5.69 Å². The van der Waals surface area contributed by atoms with Gasteiger partial charge >= 0.3 is 0 Å². The quantitative estimate of drug-likeness (QED) is 0.711. The van der Waals surface area contributed by atoms with E-state index in [9.17, 15) is 9.59 Å². The molecule has 2 amide bonds. The number of carbonyl (C=O) groups excluding carboxylic acids is 2. The summed E-state index contributed by atoms with van der Waals surface area (Å²) in [5.74, 6) is 0.518. The Bertz CT molecular complexity index is 918. The molecule has 1 aromatic heterocycles. The first kappa shape index (κ1) is 21.3. The molecule has 1 atom stereocenters. The molecule has 5 heteroatoms. The zero-order valence-corrected chi connectivity index (χ0v) is 18.2. The summed E-state index contributed by atoms with van der Waals surface area (Å²) in [6.07, 6.45) is 9.43. The number of likely N-dealkylation sites (tertiary alicyclic amines) is 1. The summed E-state index contributed by atoms with van der Waals surface area (Å²) in [7, 11) is 1.89. The highest BCUT2D eigenvalue weighted by molar-refractivity contribution is 5.94. The Morgan fingerprint density at radius 2 is 1.84 bits per heavy atom. The first-order chi connectivity index (χ1) is 15.1. The lowest BCUT2D eigenvalue weighted by molar-refractivity contribution is -0.128. The van der Waals surface area contributed by atoms with E-state index in [0.29, 0.717) is 11.6 Å². The van der Waals surface area contributed by atoms with Crippen LogP contribution in [0.3, 0.4) is 0 Å². The Morgan fingerprint density at radius 1 is 1.10 bits per heavy atom. The second-order valence-electron chi connectivity index (χ2n) is 8.64. The van der Waals surface area contributed by atoms with Crippen molar-refractivity contribution in [3.8, 4) is 0 Å². The van der Waals surface area contributed by atoms with Gasteiger partial charge in [0.25, 0.3) is 5.91 Å². The molecule has 0 saturated carbocycles. The summed E-state index contributed by atoms with van der Waals surface area (Å²) in [6.45, 7) is 1.52. The van der Waals surface area contributed by atoms with Crippen LogP contribution in [0.2, 0.25) is 0 Å². The minimum atomic E-state index is -0.0452. The van der Waals surface area contributed by atoms with Gasteiger partial charge in [-0.15, -0.1) is 0 Å². The van der Waals surface area contributed by atoms with Crippen LogP contribution in [0, 0.1) is 5.92 Å². The first-order valence-corrected chi connectivity index (χ1v) is 11.3. The lowest BCUT2D eigenvalue weighted by Crippen LogP contribution is -2.48. The van der Waals surface area contributed by atoms with Crippen LogP contribution in [0.15, 0.2) is 66.4 Å². The fourth-order valence-electron chi connectivity index (χ4n) is 4.85. The number of likely N-dealkylation sites (N-methyl/N-ethyl adjacent to an activating group) is 1. The molecule has 2 aliphatic rings. The van der Waals surface area contributed by atoms with Crippen LogP contribution < -0.4 is 0 Å². The van der Waals surface area contributed by atoms with Gasteiger partial charge in [0.05, 0.1) is 0 Å². The molecule has 1 aliphatic heterocycles. The van der Waals surface area contributed by atoms with Crippen LogP contribution in [0.5, 0.6) is 0 Å². The van der Waals surface area contributed by atoms with Crippen molar-refractivity contribution < 1.29 is 9.59 Å². The monoisotopic (exact) mass is 417 g/mol. The van der Waals surface area contributed by atoms with Crippen LogP contribution in [0.1, 0.15) is 48.2 Å². The molecule has 162 valence electrons. The van der Waals surface area contributed by atoms with E-state index in [4.69, 9.17) is 0 Å². The number of amides is 2. The molecule has 1 aliphatic carbocycles. The van der Waals surface area contributed by atoms with Gasteiger partial charge in [0, 0.05) is 37.9 Å². The van der Waals surface area contributed by atoms with Gasteiger partial charge < -0.3 is 9.80 Å². The minimum absolute atomic E-state index is 0.0452. The van der Waals surface area contributed by atoms with Gasteiger partial charge in [-0.3, -0.25) is 14.6 Å². The van der Waals surface area contributed by atoms with E-state index < -0.39 is 0 Å². The number of rotatable bonds is 6. The normalized spacial score (nSPS) is 17.8. The summed E-state index contributed by atoms with van der Waals surface area (Å²) in [6, 6.07) is 15.9. The number of pyridine rings is 1. The molecule has 0 unspecified atom stereocenters. The number of nitrogens with zero attached hydrogens (tertiary/aromatic N) is 3. The Labute approximate surface area is 184 Å². The largest absolute Gasteiger partial charge is 0.339 e. The molecule has 0 N–H and O–H groups in total. The molecule has 4 rings (SSSR count). The zero-order valence-electron chi connectivity index (χ0n) is 18.2. The molecule has 2 aromatic rings. The summed E-state index contributed by atoms with van der Waals surface area (Å²) < 4.78 is 0. The van der Waals surface area contributed by atoms with Crippen molar-refractivity contribution in [2.75, 3.05) is 20.1 Å². The third-order valence-corrected chi connectivity index (χ3v) is 6.68. The summed E-state index contributed by atoms with van der Waals surface area (Å²) in [5.41, 5.74) is 2.69. The highest BCUT2D eigenvalue weighted by atomic mass is 16.2. The van der Waals surface area contributed by atoms with Gasteiger partial charge in [-0.1, -0.05) is 42.5 Å². The minimum Gasteiger partial charge on any atom is -0.339 e. The fourth-order valence-corrected chi connectivity index (χ4v) is 4.85. The predicted octanol–water partition coefficient (Wildman–Crippen LogP) is 4.11. The van der Waals surface area contributed by atoms with E-state index in [0.717, 1.165) is 57.2 Å². The lowest BCUT2D eigenvalue weighted by Gasteiger charge is -2.40. The highest BCUT2D eigenvalue weighted by Gasteiger charge is 2.34. The zero-order chi connectivity index (χ0) is 21.6. The smallest absolute Gasteiger partial charge is 0.272 e. The Morgan fingerprint density at radius 3 is 2.48 bits per heavy atom. The van der Waals surface area contributed by atoms with Crippen molar-refractivity contribution in [2.24, 2.45) is 5.92 Å². The van der Waals surface area contributed by atoms with Crippen molar-refractivity contribution in [2.45, 2.75) is 44.6 Å². The third-order valence-electron chi connectivity index (χ3n) is 6.68. The standard InChI is InChI=1S/C26H31N3O2/c1-28(26(31)23-13-7-8-16-27-23)24(19-20-9-3-2-4-10-20)21-14-17-29(18-15-21)25(30)22-11-5-6-12-22/h2-4,7-11,13,16,21,24H,5-6,12,14-15,17-19H2,1H3/t24-/m1/s1. The van der Waals surface area contributed by atoms with Crippen molar-refractivity contribution >= 4 is 11.8 Å². The molecule has 1 saturated heterocycles. The highest BCUT2D eigenvalue weighted by Crippen LogP contribution is 2.29. The maximum Gasteiger partial charge on any atom is 0.272 e. The van der Waals surface area contributed by atoms with Gasteiger partial charge in [0.2, 0.25) is 5.91 Å². The number of allylic oxidation sites excluding steroid dienone is 1. The number of piperidine rings is 1. The average molecular weight is 418 g/mol. The summed E-state index contributed by atoms with van der Waals surface area (Å²) >= 11 is 0. The lowest BCUT2D eigenvalue weighted by atomic mass is 9.84. The SMILES string of the molecule is CN(C(=O)c1ccccn1)[C@H](Cc1ccccc1)C1CCN(C(=O)C2=CCCC2)CC1. The predicted molar refractivity (Wildman–Crippen MR) is 122 cm³/mol. The van der Waals surface area contributed by atoms with Crippen molar-refractivity contribution in [3.05, 3.63) is 77.6 Å². The van der Waals surface area contributed by atoms with Crippen LogP contribution in [0.4, 0.5) is 0 Å². The van der Waals surface area contributed by atoms with E-state index in [1.807, 2.05) is 47.2 Å². The number of benzene rings is 1. The summed E-state index contributed by atoms with van der Waals surface area (Å²) in [5, 5.41) is 0. The molecule has 1 fully saturated rings. The third kappa shape index (κ3) is 5.04. The molecule has 2 heterocycles. The van der Waals surface area contributed by atoms with Gasteiger partial charge in [-0.2, -0.15) is 0 Å². The maximum atomic E-state index is 13.2. The first-order valence-electron chi connectivity index (χ1n) is 11.3. The molecular weight excluding hydrogens is 386 g/mol. The van der Waals surface area contributed by atoms with E-state index in [-0.39, 0.29) is 17.9 Å². The maximum absolute atomic E-state index is 13.2. The number of hydrogen-bond acceptors (Lipinski definition) is 3. The van der Waals surface area contributed by atoms with E-state index >= 15 is 0 Å². The summed E-state index contributed by atoms with van der Waals surface area (Å²) in [4.78, 5) is 34.1. The van der Waals surface area contributed by atoms with E-state index in [1.54, 1.807) is 12.3 Å². The van der Waals surface area contributed by atoms with Crippen molar-refractivity contribution in [1.82, 2.24) is 14.8 Å². The second-order valence-corrected chi connectivity index (χ2v) is 8.64. The number of aromatic nitrogens is 1. The Kier molecular flexibility index (Phi) is 6.80. The van der Waals surface area contributed by atoms with Gasteiger partial charge in [0.15, 0.2) is 0 Å². The molecule has 1 aromatic carbocycles. The van der Waals surface area contributed by atoms with Gasteiger partial charge in [-0.05, 0) is 62.1 Å². The van der Waals surface area contributed by atoms with Crippen LogP contribution in [-0.4, -0.2) is 52.8 Å². The molecule has 0 spiro atoms. The van der Waals surface area contributed by atoms with Crippen LogP contribution in [-0.2, 0) is 11.2 Å². The number of carbonyl (C=O) groups is 2. The van der Waals surface area contributed by atoms with Gasteiger partial charge in [-0.25, -0.2) is 0 Å². The molecule has 0 radical (unpaired) electrons. The van der Waals surface area contributed by atoms with E-state index in [1.165, 1.54) is 5.56 Å². The molecular formula is C26H31N3O2. The fraction of sp³-hybridized carbons (Fsp3) is 0.423. The second kappa shape index (κ2) is 9.90. The molecule has 31 heavy (non-hydrogen) atoms. The number of hydrogen-bond donors (Lipinski definition) is 0. The van der Waals surface area contributed by atoms with E-state index in [2.05, 4.69) is 23.2 Å². The van der Waals surface area contributed by atoms with Crippen LogP contribution in [0.25, 0.3) is 0 Å². The topological polar surface area (TPSA) is 53.5 Å². The van der Waals surface area contributed by atoms with Crippen molar-refractivity contribution in [1.29, 1.82) is 0 Å². The van der Waals surface area contributed by atoms with Crippen LogP contribution >= 0.6 is 0 Å². The Balaban J connectivity index is 1.48. The molecule has 5 nitrogen and oxygen atoms in total. The van der Waals surface area contributed by atoms with Crippen molar-refractivity contribution in [3.63, 3.8) is 0 Å².